The lowest BCUT2D eigenvalue weighted by atomic mass is 10.1. The fourth-order valence-corrected chi connectivity index (χ4v) is 3.03. The predicted octanol–water partition coefficient (Wildman–Crippen LogP) is 2.53. The zero-order chi connectivity index (χ0) is 12.7. The zero-order valence-corrected chi connectivity index (χ0v) is 10.3. The van der Waals surface area contributed by atoms with Crippen molar-refractivity contribution >= 4 is 38.3 Å². The third-order valence-corrected chi connectivity index (χ3v) is 3.93. The molecule has 90 valence electrons. The number of thiophene rings is 1. The first kappa shape index (κ1) is 11.0. The van der Waals surface area contributed by atoms with E-state index in [-0.39, 0.29) is 11.5 Å². The molecule has 2 heterocycles. The van der Waals surface area contributed by atoms with E-state index in [1.54, 1.807) is 12.1 Å². The Labute approximate surface area is 106 Å². The fraction of sp³-hybridized carbons (Fsp3) is 0.0769. The van der Waals surface area contributed by atoms with E-state index in [2.05, 4.69) is 9.72 Å². The van der Waals surface area contributed by atoms with Crippen LogP contribution in [0.3, 0.4) is 0 Å². The number of carbonyl (C=O) groups is 1. The van der Waals surface area contributed by atoms with Crippen LogP contribution in [-0.4, -0.2) is 18.1 Å². The highest BCUT2D eigenvalue weighted by molar-refractivity contribution is 7.21. The maximum atomic E-state index is 11.9. The van der Waals surface area contributed by atoms with Crippen molar-refractivity contribution in [2.75, 3.05) is 7.11 Å². The third kappa shape index (κ3) is 1.52. The van der Waals surface area contributed by atoms with Crippen LogP contribution in [-0.2, 0) is 4.74 Å². The molecule has 3 aromatic rings. The number of benzene rings is 1. The van der Waals surface area contributed by atoms with Crippen LogP contribution in [0.2, 0.25) is 0 Å². The Kier molecular flexibility index (Phi) is 2.41. The number of pyridine rings is 1. The summed E-state index contributed by atoms with van der Waals surface area (Å²) in [6.07, 6.45) is 0. The highest BCUT2D eigenvalue weighted by atomic mass is 32.1. The average Bonchev–Trinajstić information content (AvgIpc) is 2.82. The number of aromatic amines is 1. The molecule has 2 aromatic heterocycles. The van der Waals surface area contributed by atoms with E-state index in [1.807, 2.05) is 18.2 Å². The average molecular weight is 259 g/mol. The number of fused-ring (bicyclic) bond motifs is 3. The number of methoxy groups -OCH3 is 1. The molecule has 0 aliphatic rings. The topological polar surface area (TPSA) is 59.2 Å². The molecule has 0 saturated heterocycles. The Morgan fingerprint density at radius 1 is 1.28 bits per heavy atom. The van der Waals surface area contributed by atoms with Gasteiger partial charge in [-0.2, -0.15) is 0 Å². The number of carbonyl (C=O) groups excluding carboxylic acids is 1. The van der Waals surface area contributed by atoms with Gasteiger partial charge in [0, 0.05) is 10.8 Å². The van der Waals surface area contributed by atoms with Crippen LogP contribution in [0.1, 0.15) is 9.67 Å². The van der Waals surface area contributed by atoms with Crippen LogP contribution in [0.25, 0.3) is 21.0 Å². The van der Waals surface area contributed by atoms with Crippen molar-refractivity contribution in [3.05, 3.63) is 45.6 Å². The van der Waals surface area contributed by atoms with Gasteiger partial charge in [-0.15, -0.1) is 11.3 Å². The van der Waals surface area contributed by atoms with Gasteiger partial charge in [0.1, 0.15) is 4.88 Å². The molecule has 0 saturated carbocycles. The summed E-state index contributed by atoms with van der Waals surface area (Å²) in [5.74, 6) is -0.388. The van der Waals surface area contributed by atoms with Crippen LogP contribution in [0.4, 0.5) is 0 Å². The van der Waals surface area contributed by atoms with Crippen LogP contribution in [0.15, 0.2) is 35.1 Å². The number of nitrogens with one attached hydrogen (secondary N) is 1. The molecule has 1 N–H and O–H groups in total. The molecule has 0 spiro atoms. The molecule has 4 nitrogen and oxygen atoms in total. The van der Waals surface area contributed by atoms with Gasteiger partial charge in [0.15, 0.2) is 0 Å². The van der Waals surface area contributed by atoms with Gasteiger partial charge >= 0.3 is 5.97 Å². The van der Waals surface area contributed by atoms with Gasteiger partial charge < -0.3 is 9.72 Å². The summed E-state index contributed by atoms with van der Waals surface area (Å²) in [5.41, 5.74) is 0.524. The molecule has 0 bridgehead atoms. The Bertz CT molecular complexity index is 816. The van der Waals surface area contributed by atoms with Gasteiger partial charge in [0.05, 0.1) is 17.3 Å². The number of hydrogen-bond donors (Lipinski definition) is 1. The first-order valence-electron chi connectivity index (χ1n) is 5.33. The Balaban J connectivity index is 2.44. The maximum absolute atomic E-state index is 11.9. The van der Waals surface area contributed by atoms with Gasteiger partial charge in [0.25, 0.3) is 5.56 Å². The Morgan fingerprint density at radius 3 is 2.72 bits per heavy atom. The highest BCUT2D eigenvalue weighted by Crippen LogP contribution is 2.29. The SMILES string of the molecule is COC(=O)c1cc2[nH]c(=O)c3ccccc3c2s1. The lowest BCUT2D eigenvalue weighted by Crippen LogP contribution is -2.04. The molecule has 0 atom stereocenters. The molecule has 0 amide bonds. The highest BCUT2D eigenvalue weighted by Gasteiger charge is 2.13. The molecule has 0 aliphatic heterocycles. The second-order valence-corrected chi connectivity index (χ2v) is 4.90. The summed E-state index contributed by atoms with van der Waals surface area (Å²) < 4.78 is 5.58. The van der Waals surface area contributed by atoms with Crippen LogP contribution in [0.5, 0.6) is 0 Å². The van der Waals surface area contributed by atoms with Crippen molar-refractivity contribution < 1.29 is 9.53 Å². The van der Waals surface area contributed by atoms with Gasteiger partial charge in [0.2, 0.25) is 0 Å². The summed E-state index contributed by atoms with van der Waals surface area (Å²) in [7, 11) is 1.34. The minimum Gasteiger partial charge on any atom is -0.465 e. The minimum atomic E-state index is -0.388. The van der Waals surface area contributed by atoms with E-state index in [9.17, 15) is 9.59 Å². The van der Waals surface area contributed by atoms with Crippen LogP contribution < -0.4 is 5.56 Å². The summed E-state index contributed by atoms with van der Waals surface area (Å²) in [6.45, 7) is 0. The number of rotatable bonds is 1. The Hall–Kier alpha value is -2.14. The lowest BCUT2D eigenvalue weighted by Gasteiger charge is -1.97. The maximum Gasteiger partial charge on any atom is 0.348 e. The normalized spacial score (nSPS) is 10.9. The zero-order valence-electron chi connectivity index (χ0n) is 9.52. The number of hydrogen-bond acceptors (Lipinski definition) is 4. The molecule has 0 fully saturated rings. The number of aromatic nitrogens is 1. The lowest BCUT2D eigenvalue weighted by molar-refractivity contribution is 0.0606. The van der Waals surface area contributed by atoms with E-state index in [4.69, 9.17) is 0 Å². The predicted molar refractivity (Wildman–Crippen MR) is 71.3 cm³/mol. The first-order chi connectivity index (χ1) is 8.70. The number of ether oxygens (including phenoxy) is 1. The second-order valence-electron chi connectivity index (χ2n) is 3.84. The monoisotopic (exact) mass is 259 g/mol. The second kappa shape index (κ2) is 3.96. The van der Waals surface area contributed by atoms with E-state index in [0.717, 1.165) is 10.1 Å². The molecule has 18 heavy (non-hydrogen) atoms. The van der Waals surface area contributed by atoms with E-state index >= 15 is 0 Å². The smallest absolute Gasteiger partial charge is 0.348 e. The standard InChI is InChI=1S/C13H9NO3S/c1-17-13(16)10-6-9-11(18-10)7-4-2-3-5-8(7)12(15)14-9/h2-6H,1H3,(H,14,15). The van der Waals surface area contributed by atoms with Crippen LogP contribution >= 0.6 is 11.3 Å². The molecule has 1 aromatic carbocycles. The van der Waals surface area contributed by atoms with E-state index in [0.29, 0.717) is 15.8 Å². The molecule has 0 radical (unpaired) electrons. The fourth-order valence-electron chi connectivity index (χ4n) is 1.95. The van der Waals surface area contributed by atoms with Gasteiger partial charge in [-0.05, 0) is 12.1 Å². The number of esters is 1. The quantitative estimate of drug-likeness (QED) is 0.683. The Morgan fingerprint density at radius 2 is 2.00 bits per heavy atom. The summed E-state index contributed by atoms with van der Waals surface area (Å²) in [6, 6.07) is 8.99. The molecule has 0 aliphatic carbocycles. The molecule has 3 rings (SSSR count). The summed E-state index contributed by atoms with van der Waals surface area (Å²) in [5, 5.41) is 1.49. The van der Waals surface area contributed by atoms with Gasteiger partial charge in [-0.3, -0.25) is 4.79 Å². The van der Waals surface area contributed by atoms with Crippen molar-refractivity contribution in [2.24, 2.45) is 0 Å². The molecular formula is C13H9NO3S. The molecule has 0 unspecified atom stereocenters. The molecular weight excluding hydrogens is 250 g/mol. The third-order valence-electron chi connectivity index (χ3n) is 2.78. The van der Waals surface area contributed by atoms with Crippen molar-refractivity contribution in [3.8, 4) is 0 Å². The largest absolute Gasteiger partial charge is 0.465 e. The van der Waals surface area contributed by atoms with Crippen molar-refractivity contribution in [3.63, 3.8) is 0 Å². The van der Waals surface area contributed by atoms with E-state index in [1.165, 1.54) is 18.4 Å². The van der Waals surface area contributed by atoms with Crippen molar-refractivity contribution in [1.29, 1.82) is 0 Å². The summed E-state index contributed by atoms with van der Waals surface area (Å²) in [4.78, 5) is 26.6. The first-order valence-corrected chi connectivity index (χ1v) is 6.15. The van der Waals surface area contributed by atoms with Crippen LogP contribution in [0, 0.1) is 0 Å². The van der Waals surface area contributed by atoms with Crippen molar-refractivity contribution in [1.82, 2.24) is 4.98 Å². The summed E-state index contributed by atoms with van der Waals surface area (Å²) >= 11 is 1.32. The van der Waals surface area contributed by atoms with Gasteiger partial charge in [-0.25, -0.2) is 4.79 Å². The van der Waals surface area contributed by atoms with Gasteiger partial charge in [-0.1, -0.05) is 18.2 Å². The number of H-pyrrole nitrogens is 1. The van der Waals surface area contributed by atoms with Crippen molar-refractivity contribution in [2.45, 2.75) is 0 Å². The minimum absolute atomic E-state index is 0.146. The molecule has 5 heteroatoms. The van der Waals surface area contributed by atoms with E-state index < -0.39 is 0 Å².